The highest BCUT2D eigenvalue weighted by atomic mass is 16.4. The molecule has 0 saturated heterocycles. The van der Waals surface area contributed by atoms with Gasteiger partial charge in [-0.15, -0.1) is 0 Å². The van der Waals surface area contributed by atoms with E-state index in [1.807, 2.05) is 0 Å². The molecule has 0 spiro atoms. The molecule has 0 fully saturated rings. The quantitative estimate of drug-likeness (QED) is 0.0545. The number of hydrogen-bond acceptors (Lipinski definition) is 3. The molecule has 5 nitrogen and oxygen atoms in total. The topological polar surface area (TPSA) is 86.6 Å². The van der Waals surface area contributed by atoms with Crippen molar-refractivity contribution >= 4 is 11.9 Å². The van der Waals surface area contributed by atoms with Gasteiger partial charge >= 0.3 is 11.9 Å². The summed E-state index contributed by atoms with van der Waals surface area (Å²) in [6.45, 7) is 7.11. The Morgan fingerprint density at radius 1 is 0.294 bits per heavy atom. The average molecular weight is 724 g/mol. The predicted molar refractivity (Wildman–Crippen MR) is 224 cm³/mol. The van der Waals surface area contributed by atoms with Crippen molar-refractivity contribution in [1.29, 1.82) is 0 Å². The molecule has 0 amide bonds. The summed E-state index contributed by atoms with van der Waals surface area (Å²) < 4.78 is 0. The van der Waals surface area contributed by atoms with Crippen molar-refractivity contribution in [2.45, 2.75) is 271 Å². The van der Waals surface area contributed by atoms with Crippen LogP contribution in [0, 0.1) is 0 Å². The van der Waals surface area contributed by atoms with E-state index in [1.54, 1.807) is 0 Å². The number of carboxylic acid groups (broad SMARTS) is 2. The lowest BCUT2D eigenvalue weighted by atomic mass is 10.0. The summed E-state index contributed by atoms with van der Waals surface area (Å²) in [6.07, 6.45) is 52.5. The van der Waals surface area contributed by atoms with E-state index in [9.17, 15) is 9.59 Å². The second-order valence-corrected chi connectivity index (χ2v) is 15.8. The summed E-state index contributed by atoms with van der Waals surface area (Å²) >= 11 is 0. The summed E-state index contributed by atoms with van der Waals surface area (Å²) in [5, 5.41) is 20.4. The molecule has 306 valence electrons. The molecule has 0 radical (unpaired) electrons. The zero-order chi connectivity index (χ0) is 37.6. The van der Waals surface area contributed by atoms with Crippen LogP contribution in [-0.4, -0.2) is 35.2 Å². The van der Waals surface area contributed by atoms with Crippen LogP contribution < -0.4 is 5.32 Å². The Morgan fingerprint density at radius 3 is 0.667 bits per heavy atom. The van der Waals surface area contributed by atoms with Crippen LogP contribution >= 0.6 is 0 Å². The Morgan fingerprint density at radius 2 is 0.471 bits per heavy atom. The minimum atomic E-state index is -0.740. The first-order valence-corrected chi connectivity index (χ1v) is 23.2. The van der Waals surface area contributed by atoms with Gasteiger partial charge in [-0.25, -0.2) is 0 Å². The van der Waals surface area contributed by atoms with Crippen molar-refractivity contribution in [2.24, 2.45) is 0 Å². The van der Waals surface area contributed by atoms with Gasteiger partial charge in [0.15, 0.2) is 0 Å². The molecule has 0 unspecified atom stereocenters. The van der Waals surface area contributed by atoms with E-state index in [0.717, 1.165) is 38.5 Å². The average Bonchev–Trinajstić information content (AvgIpc) is 3.11. The predicted octanol–water partition coefficient (Wildman–Crippen LogP) is 15.4. The molecule has 0 aliphatic heterocycles. The zero-order valence-electron chi connectivity index (χ0n) is 34.9. The summed E-state index contributed by atoms with van der Waals surface area (Å²) in [4.78, 5) is 20.3. The van der Waals surface area contributed by atoms with Gasteiger partial charge in [0.2, 0.25) is 0 Å². The van der Waals surface area contributed by atoms with Crippen molar-refractivity contribution in [2.75, 3.05) is 13.1 Å². The fourth-order valence-corrected chi connectivity index (χ4v) is 6.98. The van der Waals surface area contributed by atoms with Crippen LogP contribution in [0.4, 0.5) is 0 Å². The second-order valence-electron chi connectivity index (χ2n) is 15.8. The normalized spacial score (nSPS) is 11.1. The monoisotopic (exact) mass is 724 g/mol. The summed E-state index contributed by atoms with van der Waals surface area (Å²) in [6, 6.07) is 0. The largest absolute Gasteiger partial charge is 0.481 e. The van der Waals surface area contributed by atoms with Gasteiger partial charge < -0.3 is 15.5 Å². The Bertz CT molecular complexity index is 601. The molecule has 0 bridgehead atoms. The van der Waals surface area contributed by atoms with Crippen molar-refractivity contribution in [3.05, 3.63) is 0 Å². The third kappa shape index (κ3) is 55.8. The molecule has 0 saturated carbocycles. The first kappa shape index (κ1) is 52.0. The highest BCUT2D eigenvalue weighted by molar-refractivity contribution is 5.66. The molecule has 0 aliphatic rings. The van der Waals surface area contributed by atoms with Crippen LogP contribution in [0.2, 0.25) is 0 Å². The number of hydrogen-bond donors (Lipinski definition) is 3. The molecule has 0 atom stereocenters. The van der Waals surface area contributed by atoms with Gasteiger partial charge in [0.25, 0.3) is 0 Å². The maximum Gasteiger partial charge on any atom is 0.303 e. The molecule has 51 heavy (non-hydrogen) atoms. The van der Waals surface area contributed by atoms with Crippen molar-refractivity contribution < 1.29 is 19.8 Å². The summed E-state index contributed by atoms with van der Waals surface area (Å²) in [5.41, 5.74) is 0. The number of aliphatic carboxylic acids is 2. The molecule has 0 rings (SSSR count). The maximum absolute atomic E-state index is 10.1. The van der Waals surface area contributed by atoms with Gasteiger partial charge in [-0.1, -0.05) is 232 Å². The zero-order valence-corrected chi connectivity index (χ0v) is 34.9. The van der Waals surface area contributed by atoms with Gasteiger partial charge in [0.1, 0.15) is 0 Å². The fraction of sp³-hybridized carbons (Fsp3) is 0.957. The second kappa shape index (κ2) is 48.9. The molecular formula is C46H93NO4. The van der Waals surface area contributed by atoms with E-state index in [-0.39, 0.29) is 12.8 Å². The van der Waals surface area contributed by atoms with E-state index in [0.29, 0.717) is 0 Å². The molecular weight excluding hydrogens is 631 g/mol. The minimum absolute atomic E-state index is 0.245. The standard InChI is InChI=1S/C36H75N.C10H18O4/c1-3-5-7-9-11-13-15-17-19-21-23-25-27-29-31-33-35-37-36-34-32-30-28-26-24-22-20-18-16-14-12-10-8-6-4-2;11-9(12)7-5-3-1-2-4-6-8-10(13)14/h37H,3-36H2,1-2H3;1-8H2,(H,11,12)(H,13,14). The van der Waals surface area contributed by atoms with E-state index in [1.165, 1.54) is 219 Å². The third-order valence-electron chi connectivity index (χ3n) is 10.4. The lowest BCUT2D eigenvalue weighted by Crippen LogP contribution is -2.16. The maximum atomic E-state index is 10.1. The molecule has 0 aromatic heterocycles. The lowest BCUT2D eigenvalue weighted by Gasteiger charge is -2.06. The van der Waals surface area contributed by atoms with Crippen LogP contribution in [-0.2, 0) is 9.59 Å². The first-order valence-electron chi connectivity index (χ1n) is 23.2. The smallest absolute Gasteiger partial charge is 0.303 e. The molecule has 5 heteroatoms. The molecule has 3 N–H and O–H groups in total. The highest BCUT2D eigenvalue weighted by Crippen LogP contribution is 2.15. The summed E-state index contributed by atoms with van der Waals surface area (Å²) in [5.74, 6) is -1.48. The number of carbonyl (C=O) groups is 2. The Kier molecular flexibility index (Phi) is 49.9. The summed E-state index contributed by atoms with van der Waals surface area (Å²) in [7, 11) is 0. The van der Waals surface area contributed by atoms with Crippen molar-refractivity contribution in [1.82, 2.24) is 5.32 Å². The van der Waals surface area contributed by atoms with E-state index < -0.39 is 11.9 Å². The Labute approximate surface area is 320 Å². The first-order chi connectivity index (χ1) is 25.0. The van der Waals surface area contributed by atoms with Gasteiger partial charge in [-0.3, -0.25) is 9.59 Å². The van der Waals surface area contributed by atoms with Gasteiger partial charge in [-0.05, 0) is 38.8 Å². The molecule has 0 aromatic rings. The Balaban J connectivity index is 0. The number of unbranched alkanes of at least 4 members (excludes halogenated alkanes) is 35. The number of carboxylic acids is 2. The van der Waals surface area contributed by atoms with Gasteiger partial charge in [-0.2, -0.15) is 0 Å². The molecule has 0 aliphatic carbocycles. The number of nitrogens with one attached hydrogen (secondary N) is 1. The third-order valence-corrected chi connectivity index (χ3v) is 10.4. The van der Waals surface area contributed by atoms with E-state index in [4.69, 9.17) is 10.2 Å². The lowest BCUT2D eigenvalue weighted by molar-refractivity contribution is -0.138. The van der Waals surface area contributed by atoms with Crippen LogP contribution in [0.5, 0.6) is 0 Å². The van der Waals surface area contributed by atoms with Crippen LogP contribution in [0.15, 0.2) is 0 Å². The highest BCUT2D eigenvalue weighted by Gasteiger charge is 1.99. The van der Waals surface area contributed by atoms with Crippen LogP contribution in [0.25, 0.3) is 0 Å². The fourth-order valence-electron chi connectivity index (χ4n) is 6.98. The Hall–Kier alpha value is -1.10. The SMILES string of the molecule is CCCCCCCCCCCCCCCCCCNCCCCCCCCCCCCCCCCCC.O=C(O)CCCCCCCCC(=O)O. The minimum Gasteiger partial charge on any atom is -0.481 e. The van der Waals surface area contributed by atoms with Crippen molar-refractivity contribution in [3.8, 4) is 0 Å². The molecule has 0 heterocycles. The molecule has 0 aromatic carbocycles. The van der Waals surface area contributed by atoms with Crippen molar-refractivity contribution in [3.63, 3.8) is 0 Å². The van der Waals surface area contributed by atoms with Crippen LogP contribution in [0.1, 0.15) is 271 Å². The van der Waals surface area contributed by atoms with Gasteiger partial charge in [0.05, 0.1) is 0 Å². The van der Waals surface area contributed by atoms with E-state index in [2.05, 4.69) is 19.2 Å². The van der Waals surface area contributed by atoms with E-state index >= 15 is 0 Å². The number of rotatable bonds is 43. The van der Waals surface area contributed by atoms with Gasteiger partial charge in [0, 0.05) is 12.8 Å². The van der Waals surface area contributed by atoms with Crippen LogP contribution in [0.3, 0.4) is 0 Å².